The molecule has 1 unspecified atom stereocenters. The van der Waals surface area contributed by atoms with Gasteiger partial charge in [0.05, 0.1) is 12.1 Å². The van der Waals surface area contributed by atoms with Gasteiger partial charge in [-0.2, -0.15) is 0 Å². The summed E-state index contributed by atoms with van der Waals surface area (Å²) in [7, 11) is 3.06. The molecule has 1 aromatic carbocycles. The molecule has 1 atom stereocenters. The first-order valence-electron chi connectivity index (χ1n) is 7.75. The highest BCUT2D eigenvalue weighted by molar-refractivity contribution is 5.98. The molecule has 1 aliphatic rings. The number of aromatic nitrogens is 3. The molecule has 1 aromatic heterocycles. The maximum atomic E-state index is 12.9. The molecular weight excluding hydrogens is 310 g/mol. The molecule has 8 nitrogen and oxygen atoms in total. The van der Waals surface area contributed by atoms with Crippen LogP contribution in [0, 0.1) is 0 Å². The van der Waals surface area contributed by atoms with E-state index < -0.39 is 11.4 Å². The van der Waals surface area contributed by atoms with Crippen LogP contribution in [0.25, 0.3) is 11.0 Å². The summed E-state index contributed by atoms with van der Waals surface area (Å²) in [5, 5.41) is 10.6. The zero-order valence-electron chi connectivity index (χ0n) is 13.7. The second-order valence-electron chi connectivity index (χ2n) is 5.73. The van der Waals surface area contributed by atoms with E-state index in [1.807, 2.05) is 12.1 Å². The van der Waals surface area contributed by atoms with E-state index in [4.69, 9.17) is 4.74 Å². The lowest BCUT2D eigenvalue weighted by molar-refractivity contribution is -0.133. The molecule has 24 heavy (non-hydrogen) atoms. The second kappa shape index (κ2) is 6.48. The summed E-state index contributed by atoms with van der Waals surface area (Å²) >= 11 is 0. The van der Waals surface area contributed by atoms with Gasteiger partial charge < -0.3 is 15.0 Å². The van der Waals surface area contributed by atoms with E-state index >= 15 is 0 Å². The SMILES string of the molecule is CNC(=O)C1(COC)CCCN1C(=O)c1nnc2ccccc2n1. The van der Waals surface area contributed by atoms with Gasteiger partial charge in [0, 0.05) is 20.7 Å². The number of para-hydroxylation sites is 1. The van der Waals surface area contributed by atoms with E-state index in [9.17, 15) is 9.59 Å². The summed E-state index contributed by atoms with van der Waals surface area (Å²) in [5.41, 5.74) is 0.174. The van der Waals surface area contributed by atoms with E-state index in [1.54, 1.807) is 19.2 Å². The number of fused-ring (bicyclic) bond motifs is 1. The van der Waals surface area contributed by atoms with Gasteiger partial charge in [0.2, 0.25) is 11.7 Å². The van der Waals surface area contributed by atoms with Crippen LogP contribution in [0.1, 0.15) is 23.5 Å². The normalized spacial score (nSPS) is 20.3. The highest BCUT2D eigenvalue weighted by atomic mass is 16.5. The number of hydrogen-bond donors (Lipinski definition) is 1. The van der Waals surface area contributed by atoms with Gasteiger partial charge in [-0.05, 0) is 25.0 Å². The van der Waals surface area contributed by atoms with E-state index in [2.05, 4.69) is 20.5 Å². The molecule has 0 aliphatic carbocycles. The summed E-state index contributed by atoms with van der Waals surface area (Å²) in [5.74, 6) is -0.671. The predicted molar refractivity (Wildman–Crippen MR) is 86.3 cm³/mol. The smallest absolute Gasteiger partial charge is 0.294 e. The van der Waals surface area contributed by atoms with Crippen LogP contribution in [0.4, 0.5) is 0 Å². The number of hydrogen-bond acceptors (Lipinski definition) is 6. The van der Waals surface area contributed by atoms with Crippen molar-refractivity contribution >= 4 is 22.8 Å². The zero-order valence-corrected chi connectivity index (χ0v) is 13.7. The Morgan fingerprint density at radius 3 is 2.75 bits per heavy atom. The van der Waals surface area contributed by atoms with Crippen molar-refractivity contribution in [2.75, 3.05) is 27.3 Å². The van der Waals surface area contributed by atoms with Gasteiger partial charge in [0.1, 0.15) is 11.1 Å². The van der Waals surface area contributed by atoms with E-state index in [0.717, 1.165) is 0 Å². The van der Waals surface area contributed by atoms with E-state index in [-0.39, 0.29) is 18.3 Å². The Balaban J connectivity index is 1.98. The van der Waals surface area contributed by atoms with Gasteiger partial charge >= 0.3 is 0 Å². The van der Waals surface area contributed by atoms with Crippen LogP contribution >= 0.6 is 0 Å². The van der Waals surface area contributed by atoms with Gasteiger partial charge in [-0.25, -0.2) is 4.98 Å². The molecule has 2 heterocycles. The van der Waals surface area contributed by atoms with Crippen LogP contribution in [0.2, 0.25) is 0 Å². The van der Waals surface area contributed by atoms with Crippen molar-refractivity contribution in [1.82, 2.24) is 25.4 Å². The average Bonchev–Trinajstić information content (AvgIpc) is 3.05. The highest BCUT2D eigenvalue weighted by Crippen LogP contribution is 2.31. The van der Waals surface area contributed by atoms with Gasteiger partial charge in [0.25, 0.3) is 5.91 Å². The Bertz CT molecular complexity index is 781. The number of nitrogens with one attached hydrogen (secondary N) is 1. The molecule has 1 saturated heterocycles. The molecule has 2 amide bonds. The second-order valence-corrected chi connectivity index (χ2v) is 5.73. The third kappa shape index (κ3) is 2.58. The van der Waals surface area contributed by atoms with Crippen molar-refractivity contribution < 1.29 is 14.3 Å². The monoisotopic (exact) mass is 329 g/mol. The van der Waals surface area contributed by atoms with E-state index in [0.29, 0.717) is 30.4 Å². The quantitative estimate of drug-likeness (QED) is 0.871. The van der Waals surface area contributed by atoms with Crippen molar-refractivity contribution in [2.24, 2.45) is 0 Å². The molecule has 1 fully saturated rings. The fourth-order valence-corrected chi connectivity index (χ4v) is 3.19. The third-order valence-electron chi connectivity index (χ3n) is 4.32. The standard InChI is InChI=1S/C16H19N5O3/c1-17-15(23)16(10-24-2)8-5-9-21(16)14(22)13-18-11-6-3-4-7-12(11)19-20-13/h3-4,6-7H,5,8-10H2,1-2H3,(H,17,23). The first-order chi connectivity index (χ1) is 11.6. The van der Waals surface area contributed by atoms with Crippen molar-refractivity contribution in [3.05, 3.63) is 30.1 Å². The summed E-state index contributed by atoms with van der Waals surface area (Å²) in [6.07, 6.45) is 1.25. The number of amides is 2. The van der Waals surface area contributed by atoms with Crippen LogP contribution < -0.4 is 5.32 Å². The Morgan fingerprint density at radius 2 is 2.04 bits per heavy atom. The number of carbonyl (C=O) groups is 2. The van der Waals surface area contributed by atoms with Gasteiger partial charge in [-0.1, -0.05) is 12.1 Å². The van der Waals surface area contributed by atoms with Crippen molar-refractivity contribution in [2.45, 2.75) is 18.4 Å². The lowest BCUT2D eigenvalue weighted by atomic mass is 9.95. The molecule has 0 bridgehead atoms. The van der Waals surface area contributed by atoms with Crippen molar-refractivity contribution in [3.63, 3.8) is 0 Å². The molecule has 0 saturated carbocycles. The minimum atomic E-state index is -1.03. The lowest BCUT2D eigenvalue weighted by Gasteiger charge is -2.35. The number of ether oxygens (including phenoxy) is 1. The Hall–Kier alpha value is -2.61. The zero-order chi connectivity index (χ0) is 17.2. The molecule has 2 aromatic rings. The Morgan fingerprint density at radius 1 is 1.29 bits per heavy atom. The fourth-order valence-electron chi connectivity index (χ4n) is 3.19. The van der Waals surface area contributed by atoms with Crippen molar-refractivity contribution in [1.29, 1.82) is 0 Å². The molecule has 126 valence electrons. The number of likely N-dealkylation sites (tertiary alicyclic amines) is 1. The Labute approximate surface area is 139 Å². The van der Waals surface area contributed by atoms with Crippen LogP contribution in [-0.2, 0) is 9.53 Å². The van der Waals surface area contributed by atoms with Gasteiger partial charge in [-0.15, -0.1) is 10.2 Å². The molecular formula is C16H19N5O3. The number of benzene rings is 1. The van der Waals surface area contributed by atoms with Crippen LogP contribution in [0.5, 0.6) is 0 Å². The lowest BCUT2D eigenvalue weighted by Crippen LogP contribution is -2.59. The molecule has 0 spiro atoms. The van der Waals surface area contributed by atoms with Crippen LogP contribution in [0.3, 0.4) is 0 Å². The number of methoxy groups -OCH3 is 1. The first kappa shape index (κ1) is 16.3. The van der Waals surface area contributed by atoms with Crippen molar-refractivity contribution in [3.8, 4) is 0 Å². The molecule has 8 heteroatoms. The maximum Gasteiger partial charge on any atom is 0.294 e. The summed E-state index contributed by atoms with van der Waals surface area (Å²) in [4.78, 5) is 31.2. The average molecular weight is 329 g/mol. The van der Waals surface area contributed by atoms with Crippen LogP contribution in [0.15, 0.2) is 24.3 Å². The minimum absolute atomic E-state index is 0.0139. The largest absolute Gasteiger partial charge is 0.382 e. The predicted octanol–water partition coefficient (Wildman–Crippen LogP) is 0.392. The molecule has 1 aliphatic heterocycles. The highest BCUT2D eigenvalue weighted by Gasteiger charge is 2.50. The van der Waals surface area contributed by atoms with Crippen LogP contribution in [-0.4, -0.2) is 64.7 Å². The number of rotatable bonds is 4. The first-order valence-corrected chi connectivity index (χ1v) is 7.75. The third-order valence-corrected chi connectivity index (χ3v) is 4.32. The number of nitrogens with zero attached hydrogens (tertiary/aromatic N) is 4. The summed E-state index contributed by atoms with van der Waals surface area (Å²) in [6, 6.07) is 7.20. The number of likely N-dealkylation sites (N-methyl/N-ethyl adjacent to an activating group) is 1. The fraction of sp³-hybridized carbons (Fsp3) is 0.438. The Kier molecular flexibility index (Phi) is 4.39. The van der Waals surface area contributed by atoms with E-state index in [1.165, 1.54) is 12.0 Å². The summed E-state index contributed by atoms with van der Waals surface area (Å²) in [6.45, 7) is 0.575. The topological polar surface area (TPSA) is 97.3 Å². The molecule has 3 rings (SSSR count). The molecule has 0 radical (unpaired) electrons. The maximum absolute atomic E-state index is 12.9. The minimum Gasteiger partial charge on any atom is -0.382 e. The van der Waals surface area contributed by atoms with Gasteiger partial charge in [-0.3, -0.25) is 9.59 Å². The van der Waals surface area contributed by atoms with Gasteiger partial charge in [0.15, 0.2) is 0 Å². The number of carbonyl (C=O) groups excluding carboxylic acids is 2. The summed E-state index contributed by atoms with van der Waals surface area (Å²) < 4.78 is 5.23. The molecule has 1 N–H and O–H groups in total.